The molecule has 2 N–H and O–H groups in total. The average Bonchev–Trinajstić information content (AvgIpc) is 2.98. The van der Waals surface area contributed by atoms with Crippen molar-refractivity contribution in [2.75, 3.05) is 13.4 Å². The van der Waals surface area contributed by atoms with Crippen molar-refractivity contribution in [3.63, 3.8) is 0 Å². The fourth-order valence-electron chi connectivity index (χ4n) is 1.97. The summed E-state index contributed by atoms with van der Waals surface area (Å²) in [5.74, 6) is 0.969. The molecule has 3 heteroatoms. The van der Waals surface area contributed by atoms with Crippen LogP contribution in [-0.2, 0) is 6.42 Å². The molecule has 0 saturated heterocycles. The van der Waals surface area contributed by atoms with Crippen LogP contribution in [0.25, 0.3) is 0 Å². The van der Waals surface area contributed by atoms with Gasteiger partial charge in [0.05, 0.1) is 7.11 Å². The maximum atomic E-state index is 6.18. The third-order valence-corrected chi connectivity index (χ3v) is 4.05. The maximum Gasteiger partial charge on any atom is 0.122 e. The topological polar surface area (TPSA) is 35.2 Å². The smallest absolute Gasteiger partial charge is 0.122 e. The Kier molecular flexibility index (Phi) is 3.17. The maximum absolute atomic E-state index is 6.18. The summed E-state index contributed by atoms with van der Waals surface area (Å²) in [5.41, 5.74) is 8.76. The van der Waals surface area contributed by atoms with Gasteiger partial charge < -0.3 is 10.5 Å². The van der Waals surface area contributed by atoms with Gasteiger partial charge in [-0.15, -0.1) is 11.8 Å². The number of nitrogens with two attached hydrogens (primary N) is 1. The molecule has 2 rings (SSSR count). The van der Waals surface area contributed by atoms with Crippen LogP contribution in [0.2, 0.25) is 0 Å². The minimum absolute atomic E-state index is 0.0603. The molecular weight excluding hydrogens is 218 g/mol. The number of hydrogen-bond acceptors (Lipinski definition) is 3. The van der Waals surface area contributed by atoms with E-state index in [2.05, 4.69) is 25.3 Å². The number of thioether (sulfide) groups is 1. The van der Waals surface area contributed by atoms with Crippen LogP contribution in [0.1, 0.15) is 24.0 Å². The second kappa shape index (κ2) is 4.30. The Balaban J connectivity index is 2.33. The first-order valence-corrected chi connectivity index (χ1v) is 6.81. The summed E-state index contributed by atoms with van der Waals surface area (Å²) in [7, 11) is 1.72. The summed E-state index contributed by atoms with van der Waals surface area (Å²) in [6.45, 7) is 2.08. The standard InChI is InChI=1S/C13H19NOS/c1-9-6-12(16-3)10(7-11(9)15-2)8-13(14)4-5-13/h6-7H,4-5,8,14H2,1-3H3. The Morgan fingerprint density at radius 1 is 1.44 bits per heavy atom. The van der Waals surface area contributed by atoms with Gasteiger partial charge in [-0.3, -0.25) is 0 Å². The van der Waals surface area contributed by atoms with Gasteiger partial charge in [-0.25, -0.2) is 0 Å². The molecule has 2 nitrogen and oxygen atoms in total. The van der Waals surface area contributed by atoms with E-state index in [0.29, 0.717) is 0 Å². The Morgan fingerprint density at radius 2 is 2.12 bits per heavy atom. The van der Waals surface area contributed by atoms with E-state index in [1.165, 1.54) is 16.0 Å². The van der Waals surface area contributed by atoms with Gasteiger partial charge in [0.2, 0.25) is 0 Å². The van der Waals surface area contributed by atoms with Gasteiger partial charge in [-0.2, -0.15) is 0 Å². The summed E-state index contributed by atoms with van der Waals surface area (Å²) in [4.78, 5) is 1.33. The van der Waals surface area contributed by atoms with E-state index >= 15 is 0 Å². The van der Waals surface area contributed by atoms with Gasteiger partial charge in [0.15, 0.2) is 0 Å². The monoisotopic (exact) mass is 237 g/mol. The second-order valence-corrected chi connectivity index (χ2v) is 5.52. The van der Waals surface area contributed by atoms with Gasteiger partial charge in [-0.1, -0.05) is 0 Å². The zero-order valence-corrected chi connectivity index (χ0v) is 11.0. The van der Waals surface area contributed by atoms with Gasteiger partial charge in [0.25, 0.3) is 0 Å². The molecule has 0 heterocycles. The molecule has 0 radical (unpaired) electrons. The fraction of sp³-hybridized carbons (Fsp3) is 0.538. The highest BCUT2D eigenvalue weighted by atomic mass is 32.2. The number of methoxy groups -OCH3 is 1. The summed E-state index contributed by atoms with van der Waals surface area (Å²) in [6.07, 6.45) is 5.38. The Hall–Kier alpha value is -0.670. The average molecular weight is 237 g/mol. The van der Waals surface area contributed by atoms with Crippen LogP contribution in [0.4, 0.5) is 0 Å². The summed E-state index contributed by atoms with van der Waals surface area (Å²) in [6, 6.07) is 4.35. The van der Waals surface area contributed by atoms with E-state index in [4.69, 9.17) is 10.5 Å². The number of ether oxygens (including phenoxy) is 1. The molecule has 0 atom stereocenters. The molecule has 0 unspecified atom stereocenters. The van der Waals surface area contributed by atoms with Crippen molar-refractivity contribution in [2.24, 2.45) is 5.73 Å². The van der Waals surface area contributed by atoms with Gasteiger partial charge in [0.1, 0.15) is 5.75 Å². The molecular formula is C13H19NOS. The third kappa shape index (κ3) is 2.36. The molecule has 1 saturated carbocycles. The number of benzene rings is 1. The van der Waals surface area contributed by atoms with Gasteiger partial charge >= 0.3 is 0 Å². The first-order valence-electron chi connectivity index (χ1n) is 5.58. The zero-order valence-electron chi connectivity index (χ0n) is 10.2. The molecule has 88 valence electrons. The van der Waals surface area contributed by atoms with E-state index in [0.717, 1.165) is 25.0 Å². The van der Waals surface area contributed by atoms with Crippen LogP contribution < -0.4 is 10.5 Å². The van der Waals surface area contributed by atoms with Crippen molar-refractivity contribution in [3.8, 4) is 5.75 Å². The highest BCUT2D eigenvalue weighted by Crippen LogP contribution is 2.39. The summed E-state index contributed by atoms with van der Waals surface area (Å²) < 4.78 is 5.37. The fourth-order valence-corrected chi connectivity index (χ4v) is 2.66. The molecule has 1 aromatic carbocycles. The number of hydrogen-bond donors (Lipinski definition) is 1. The van der Waals surface area contributed by atoms with Crippen LogP contribution in [0, 0.1) is 6.92 Å². The predicted octanol–water partition coefficient (Wildman–Crippen LogP) is 2.76. The molecule has 0 spiro atoms. The van der Waals surface area contributed by atoms with E-state index < -0.39 is 0 Å². The molecule has 0 bridgehead atoms. The molecule has 1 fully saturated rings. The Bertz CT molecular complexity index is 399. The van der Waals surface area contributed by atoms with E-state index in [1.807, 2.05) is 0 Å². The number of rotatable bonds is 4. The van der Waals surface area contributed by atoms with Gasteiger partial charge in [0, 0.05) is 10.4 Å². The van der Waals surface area contributed by atoms with Gasteiger partial charge in [-0.05, 0) is 55.7 Å². The van der Waals surface area contributed by atoms with Crippen molar-refractivity contribution in [3.05, 3.63) is 23.3 Å². The van der Waals surface area contributed by atoms with E-state index in [-0.39, 0.29) is 5.54 Å². The van der Waals surface area contributed by atoms with Crippen LogP contribution in [0.3, 0.4) is 0 Å². The molecule has 1 aliphatic carbocycles. The van der Waals surface area contributed by atoms with Crippen molar-refractivity contribution in [1.82, 2.24) is 0 Å². The molecule has 1 aliphatic rings. The van der Waals surface area contributed by atoms with Crippen molar-refractivity contribution >= 4 is 11.8 Å². The normalized spacial score (nSPS) is 17.2. The van der Waals surface area contributed by atoms with E-state index in [1.54, 1.807) is 18.9 Å². The highest BCUT2D eigenvalue weighted by molar-refractivity contribution is 7.98. The number of aryl methyl sites for hydroxylation is 1. The molecule has 0 aliphatic heterocycles. The molecule has 16 heavy (non-hydrogen) atoms. The third-order valence-electron chi connectivity index (χ3n) is 3.23. The minimum Gasteiger partial charge on any atom is -0.496 e. The van der Waals surface area contributed by atoms with Crippen LogP contribution >= 0.6 is 11.8 Å². The highest BCUT2D eigenvalue weighted by Gasteiger charge is 2.38. The lowest BCUT2D eigenvalue weighted by molar-refractivity contribution is 0.410. The predicted molar refractivity (Wildman–Crippen MR) is 69.4 cm³/mol. The quantitative estimate of drug-likeness (QED) is 0.818. The lowest BCUT2D eigenvalue weighted by atomic mass is 10.0. The Labute approximate surface area is 102 Å². The molecule has 0 amide bonds. The van der Waals surface area contributed by atoms with Crippen LogP contribution in [0.5, 0.6) is 5.75 Å². The minimum atomic E-state index is 0.0603. The molecule has 0 aromatic heterocycles. The largest absolute Gasteiger partial charge is 0.496 e. The van der Waals surface area contributed by atoms with Crippen LogP contribution in [-0.4, -0.2) is 18.9 Å². The summed E-state index contributed by atoms with van der Waals surface area (Å²) in [5, 5.41) is 0. The van der Waals surface area contributed by atoms with Crippen molar-refractivity contribution in [1.29, 1.82) is 0 Å². The lowest BCUT2D eigenvalue weighted by Crippen LogP contribution is -2.24. The first kappa shape index (κ1) is 11.8. The molecule has 1 aromatic rings. The van der Waals surface area contributed by atoms with Crippen molar-refractivity contribution < 1.29 is 4.74 Å². The Morgan fingerprint density at radius 3 is 2.62 bits per heavy atom. The van der Waals surface area contributed by atoms with Crippen LogP contribution in [0.15, 0.2) is 17.0 Å². The SMILES string of the molecule is COc1cc(CC2(N)CC2)c(SC)cc1C. The lowest BCUT2D eigenvalue weighted by Gasteiger charge is -2.15. The summed E-state index contributed by atoms with van der Waals surface area (Å²) >= 11 is 1.79. The first-order chi connectivity index (χ1) is 7.58. The zero-order chi connectivity index (χ0) is 11.8. The second-order valence-electron chi connectivity index (χ2n) is 4.67. The van der Waals surface area contributed by atoms with Crippen molar-refractivity contribution in [2.45, 2.75) is 36.6 Å². The van der Waals surface area contributed by atoms with E-state index in [9.17, 15) is 0 Å².